The van der Waals surface area contributed by atoms with E-state index in [1.807, 2.05) is 42.5 Å². The average Bonchev–Trinajstić information content (AvgIpc) is 3.33. The van der Waals surface area contributed by atoms with Crippen molar-refractivity contribution in [2.45, 2.75) is 26.4 Å². The van der Waals surface area contributed by atoms with Gasteiger partial charge in [-0.05, 0) is 53.8 Å². The molecule has 4 rings (SSSR count). The van der Waals surface area contributed by atoms with Crippen LogP contribution in [0.2, 0.25) is 0 Å². The van der Waals surface area contributed by atoms with Gasteiger partial charge in [-0.1, -0.05) is 31.2 Å². The van der Waals surface area contributed by atoms with Crippen LogP contribution in [0.5, 0.6) is 5.75 Å². The number of aryl methyl sites for hydroxylation is 1. The number of aromatic nitrogens is 1. The lowest BCUT2D eigenvalue weighted by Crippen LogP contribution is -2.32. The van der Waals surface area contributed by atoms with Crippen molar-refractivity contribution in [1.82, 2.24) is 9.88 Å². The number of para-hydroxylation sites is 1. The maximum absolute atomic E-state index is 13.2. The molecule has 0 aliphatic carbocycles. The molecule has 2 aromatic heterocycles. The lowest BCUT2D eigenvalue weighted by molar-refractivity contribution is 0.0696. The van der Waals surface area contributed by atoms with Crippen LogP contribution in [0.4, 0.5) is 0 Å². The average molecular weight is 416 g/mol. The Morgan fingerprint density at radius 3 is 2.58 bits per heavy atom. The molecule has 31 heavy (non-hydrogen) atoms. The number of aromatic amines is 1. The summed E-state index contributed by atoms with van der Waals surface area (Å²) in [5.74, 6) is 0.609. The number of fused-ring (bicyclic) bond motifs is 1. The van der Waals surface area contributed by atoms with Crippen LogP contribution in [0.3, 0.4) is 0 Å². The van der Waals surface area contributed by atoms with E-state index in [-0.39, 0.29) is 30.3 Å². The van der Waals surface area contributed by atoms with Crippen LogP contribution in [0.15, 0.2) is 76.1 Å². The molecular formula is C25H24N2O4. The lowest BCUT2D eigenvalue weighted by Gasteiger charge is -2.23. The van der Waals surface area contributed by atoms with Gasteiger partial charge in [-0.25, -0.2) is 0 Å². The quantitative estimate of drug-likeness (QED) is 0.480. The number of rotatable bonds is 7. The SMILES string of the molecule is CCc1ccc2[nH]c(=O)c(CN(Cc3ccccc3OC)C(=O)c3ccco3)cc2c1. The number of furan rings is 1. The normalized spacial score (nSPS) is 10.9. The fourth-order valence-electron chi connectivity index (χ4n) is 3.64. The minimum Gasteiger partial charge on any atom is -0.496 e. The first-order valence-electron chi connectivity index (χ1n) is 10.2. The number of carbonyl (C=O) groups is 1. The molecule has 4 aromatic rings. The molecule has 0 fully saturated rings. The zero-order valence-electron chi connectivity index (χ0n) is 17.6. The van der Waals surface area contributed by atoms with Crippen molar-refractivity contribution in [3.05, 3.63) is 99.7 Å². The van der Waals surface area contributed by atoms with E-state index in [0.717, 1.165) is 22.9 Å². The number of nitrogens with zero attached hydrogens (tertiary/aromatic N) is 1. The second-order valence-corrected chi connectivity index (χ2v) is 7.35. The third-order valence-electron chi connectivity index (χ3n) is 5.33. The maximum Gasteiger partial charge on any atom is 0.290 e. The van der Waals surface area contributed by atoms with E-state index in [1.54, 1.807) is 24.1 Å². The molecule has 1 N–H and O–H groups in total. The summed E-state index contributed by atoms with van der Waals surface area (Å²) in [6, 6.07) is 18.7. The summed E-state index contributed by atoms with van der Waals surface area (Å²) < 4.78 is 10.8. The highest BCUT2D eigenvalue weighted by Crippen LogP contribution is 2.22. The molecule has 158 valence electrons. The predicted molar refractivity (Wildman–Crippen MR) is 119 cm³/mol. The number of hydrogen-bond donors (Lipinski definition) is 1. The molecule has 0 atom stereocenters. The second kappa shape index (κ2) is 8.92. The van der Waals surface area contributed by atoms with Crippen molar-refractivity contribution in [3.8, 4) is 5.75 Å². The van der Waals surface area contributed by atoms with Gasteiger partial charge in [0.1, 0.15) is 5.75 Å². The molecule has 2 heterocycles. The van der Waals surface area contributed by atoms with E-state index >= 15 is 0 Å². The van der Waals surface area contributed by atoms with Crippen molar-refractivity contribution in [2.24, 2.45) is 0 Å². The smallest absolute Gasteiger partial charge is 0.290 e. The van der Waals surface area contributed by atoms with E-state index in [9.17, 15) is 9.59 Å². The Morgan fingerprint density at radius 1 is 1.03 bits per heavy atom. The summed E-state index contributed by atoms with van der Waals surface area (Å²) in [5, 5.41) is 0.941. The van der Waals surface area contributed by atoms with Gasteiger partial charge in [-0.3, -0.25) is 9.59 Å². The van der Waals surface area contributed by atoms with Gasteiger partial charge in [0.15, 0.2) is 5.76 Å². The lowest BCUT2D eigenvalue weighted by atomic mass is 10.1. The zero-order chi connectivity index (χ0) is 21.8. The minimum absolute atomic E-state index is 0.138. The molecule has 0 bridgehead atoms. The van der Waals surface area contributed by atoms with Crippen LogP contribution in [-0.2, 0) is 19.5 Å². The molecule has 0 spiro atoms. The van der Waals surface area contributed by atoms with Crippen molar-refractivity contribution in [2.75, 3.05) is 7.11 Å². The molecule has 0 radical (unpaired) electrons. The molecule has 1 amide bonds. The number of amides is 1. The Bertz CT molecular complexity index is 1260. The molecule has 0 saturated carbocycles. The van der Waals surface area contributed by atoms with E-state index in [0.29, 0.717) is 11.3 Å². The van der Waals surface area contributed by atoms with E-state index in [1.165, 1.54) is 11.8 Å². The van der Waals surface area contributed by atoms with Gasteiger partial charge in [0, 0.05) is 16.6 Å². The van der Waals surface area contributed by atoms with Crippen LogP contribution in [0.25, 0.3) is 10.9 Å². The molecule has 0 saturated heterocycles. The number of methoxy groups -OCH3 is 1. The van der Waals surface area contributed by atoms with Crippen LogP contribution >= 0.6 is 0 Å². The first-order valence-corrected chi connectivity index (χ1v) is 10.2. The number of nitrogens with one attached hydrogen (secondary N) is 1. The molecule has 6 heteroatoms. The number of hydrogen-bond acceptors (Lipinski definition) is 4. The van der Waals surface area contributed by atoms with Gasteiger partial charge >= 0.3 is 0 Å². The summed E-state index contributed by atoms with van der Waals surface area (Å²) in [6.45, 7) is 2.50. The number of pyridine rings is 1. The van der Waals surface area contributed by atoms with Gasteiger partial charge in [-0.2, -0.15) is 0 Å². The third kappa shape index (κ3) is 4.38. The summed E-state index contributed by atoms with van der Waals surface area (Å²) in [4.78, 5) is 30.5. The molecular weight excluding hydrogens is 392 g/mol. The molecule has 0 aliphatic heterocycles. The fourth-order valence-corrected chi connectivity index (χ4v) is 3.64. The molecule has 2 aromatic carbocycles. The Morgan fingerprint density at radius 2 is 1.84 bits per heavy atom. The van der Waals surface area contributed by atoms with Gasteiger partial charge in [0.2, 0.25) is 0 Å². The van der Waals surface area contributed by atoms with Crippen LogP contribution in [-0.4, -0.2) is 22.9 Å². The topological polar surface area (TPSA) is 75.5 Å². The Hall–Kier alpha value is -3.80. The van der Waals surface area contributed by atoms with Gasteiger partial charge in [0.25, 0.3) is 11.5 Å². The van der Waals surface area contributed by atoms with Gasteiger partial charge in [0.05, 0.1) is 26.5 Å². The summed E-state index contributed by atoms with van der Waals surface area (Å²) in [7, 11) is 1.59. The predicted octanol–water partition coefficient (Wildman–Crippen LogP) is 4.53. The fraction of sp³-hybridized carbons (Fsp3) is 0.200. The number of benzene rings is 2. The first kappa shape index (κ1) is 20.5. The van der Waals surface area contributed by atoms with Crippen molar-refractivity contribution in [1.29, 1.82) is 0 Å². The Balaban J connectivity index is 1.72. The first-order chi connectivity index (χ1) is 15.1. The van der Waals surface area contributed by atoms with Crippen LogP contribution < -0.4 is 10.3 Å². The molecule has 0 unspecified atom stereocenters. The number of carbonyl (C=O) groups excluding carboxylic acids is 1. The van der Waals surface area contributed by atoms with Crippen molar-refractivity contribution < 1.29 is 13.9 Å². The van der Waals surface area contributed by atoms with Gasteiger partial charge < -0.3 is 19.0 Å². The maximum atomic E-state index is 13.2. The second-order valence-electron chi connectivity index (χ2n) is 7.35. The standard InChI is InChI=1S/C25H24N2O4/c1-3-17-10-11-21-19(13-17)14-20(24(28)26-21)16-27(25(29)23-9-6-12-31-23)15-18-7-4-5-8-22(18)30-2/h4-14H,3,15-16H2,1-2H3,(H,26,28). The van der Waals surface area contributed by atoms with E-state index in [2.05, 4.69) is 18.0 Å². The highest BCUT2D eigenvalue weighted by molar-refractivity contribution is 5.91. The van der Waals surface area contributed by atoms with Crippen LogP contribution in [0.1, 0.15) is 34.2 Å². The summed E-state index contributed by atoms with van der Waals surface area (Å²) in [5.41, 5.74) is 3.10. The number of H-pyrrole nitrogens is 1. The van der Waals surface area contributed by atoms with Crippen molar-refractivity contribution >= 4 is 16.8 Å². The monoisotopic (exact) mass is 416 g/mol. The zero-order valence-corrected chi connectivity index (χ0v) is 17.6. The van der Waals surface area contributed by atoms with E-state index in [4.69, 9.17) is 9.15 Å². The highest BCUT2D eigenvalue weighted by atomic mass is 16.5. The van der Waals surface area contributed by atoms with Crippen molar-refractivity contribution in [3.63, 3.8) is 0 Å². The Labute approximate surface area is 180 Å². The largest absolute Gasteiger partial charge is 0.496 e. The summed E-state index contributed by atoms with van der Waals surface area (Å²) >= 11 is 0. The molecule has 0 aliphatic rings. The minimum atomic E-state index is -0.294. The number of ether oxygens (including phenoxy) is 1. The highest BCUT2D eigenvalue weighted by Gasteiger charge is 2.21. The van der Waals surface area contributed by atoms with Gasteiger partial charge in [-0.15, -0.1) is 0 Å². The van der Waals surface area contributed by atoms with Crippen LogP contribution in [0, 0.1) is 0 Å². The third-order valence-corrected chi connectivity index (χ3v) is 5.33. The molecule has 6 nitrogen and oxygen atoms in total. The Kier molecular flexibility index (Phi) is 5.89. The summed E-state index contributed by atoms with van der Waals surface area (Å²) in [6.07, 6.45) is 2.37. The van der Waals surface area contributed by atoms with E-state index < -0.39 is 0 Å².